The summed E-state index contributed by atoms with van der Waals surface area (Å²) in [6.07, 6.45) is -1.81. The molecule has 1 aromatic heterocycles. The Morgan fingerprint density at radius 2 is 1.94 bits per heavy atom. The van der Waals surface area contributed by atoms with Gasteiger partial charge in [-0.1, -0.05) is 6.07 Å². The summed E-state index contributed by atoms with van der Waals surface area (Å²) in [6, 6.07) is 8.50. The second-order valence-corrected chi connectivity index (χ2v) is 4.58. The van der Waals surface area contributed by atoms with Gasteiger partial charge in [-0.25, -0.2) is 0 Å². The van der Waals surface area contributed by atoms with Crippen molar-refractivity contribution >= 4 is 22.6 Å². The van der Waals surface area contributed by atoms with Gasteiger partial charge in [0.15, 0.2) is 11.5 Å². The largest absolute Gasteiger partial charge is 0.586 e. The first kappa shape index (κ1) is 10.8. The molecule has 2 aromatic rings. The molecule has 3 nitrogen and oxygen atoms in total. The maximum absolute atomic E-state index is 13.0. The Morgan fingerprint density at radius 3 is 2.65 bits per heavy atom. The lowest BCUT2D eigenvalue weighted by molar-refractivity contribution is -0.286. The number of hydrogen-bond acceptors (Lipinski definition) is 2. The van der Waals surface area contributed by atoms with E-state index >= 15 is 0 Å². The number of fused-ring (bicyclic) bond motifs is 1. The number of rotatable bonds is 1. The van der Waals surface area contributed by atoms with Crippen molar-refractivity contribution in [3.8, 4) is 17.2 Å². The average molecular weight is 349 g/mol. The van der Waals surface area contributed by atoms with E-state index < -0.39 is 6.29 Å². The summed E-state index contributed by atoms with van der Waals surface area (Å²) in [5, 5.41) is 0. The van der Waals surface area contributed by atoms with Gasteiger partial charge in [-0.3, -0.25) is 0 Å². The molecule has 6 heteroatoms. The van der Waals surface area contributed by atoms with E-state index in [4.69, 9.17) is 0 Å². The van der Waals surface area contributed by atoms with Crippen molar-refractivity contribution in [2.75, 3.05) is 0 Å². The van der Waals surface area contributed by atoms with Gasteiger partial charge in [-0.15, -0.1) is 8.78 Å². The number of benzene rings is 1. The predicted octanol–water partition coefficient (Wildman–Crippen LogP) is 3.40. The zero-order chi connectivity index (χ0) is 12.0. The van der Waals surface area contributed by atoms with Gasteiger partial charge in [0.05, 0.1) is 9.39 Å². The van der Waals surface area contributed by atoms with Crippen LogP contribution in [0, 0.1) is 3.70 Å². The SMILES string of the molecule is FC1(F)Oc2cccc(-n3cccc3I)c2O1. The van der Waals surface area contributed by atoms with Crippen LogP contribution in [0.25, 0.3) is 5.69 Å². The number of aromatic nitrogens is 1. The minimum atomic E-state index is -3.59. The van der Waals surface area contributed by atoms with Gasteiger partial charge in [-0.2, -0.15) is 0 Å². The molecule has 3 rings (SSSR count). The minimum absolute atomic E-state index is 0.0528. The lowest BCUT2D eigenvalue weighted by Gasteiger charge is -2.09. The van der Waals surface area contributed by atoms with Crippen LogP contribution in [0.3, 0.4) is 0 Å². The molecule has 0 aliphatic carbocycles. The summed E-state index contributed by atoms with van der Waals surface area (Å²) in [6.45, 7) is 0. The van der Waals surface area contributed by atoms with E-state index in [2.05, 4.69) is 32.1 Å². The highest BCUT2D eigenvalue weighted by atomic mass is 127. The topological polar surface area (TPSA) is 23.4 Å². The number of ether oxygens (including phenoxy) is 2. The van der Waals surface area contributed by atoms with E-state index in [1.165, 1.54) is 6.07 Å². The molecule has 17 heavy (non-hydrogen) atoms. The Morgan fingerprint density at radius 1 is 1.12 bits per heavy atom. The third-order valence-electron chi connectivity index (χ3n) is 2.37. The van der Waals surface area contributed by atoms with Gasteiger partial charge >= 0.3 is 6.29 Å². The molecular weight excluding hydrogens is 343 g/mol. The molecule has 2 heterocycles. The number of alkyl halides is 2. The lowest BCUT2D eigenvalue weighted by atomic mass is 10.2. The Kier molecular flexibility index (Phi) is 2.29. The third-order valence-corrected chi connectivity index (χ3v) is 3.25. The molecule has 1 aromatic carbocycles. The highest BCUT2D eigenvalue weighted by molar-refractivity contribution is 14.1. The minimum Gasteiger partial charge on any atom is -0.395 e. The van der Waals surface area contributed by atoms with Crippen molar-refractivity contribution in [1.29, 1.82) is 0 Å². The van der Waals surface area contributed by atoms with Crippen LogP contribution >= 0.6 is 22.6 Å². The summed E-state index contributed by atoms with van der Waals surface area (Å²) >= 11 is 2.11. The fraction of sp³-hybridized carbons (Fsp3) is 0.0909. The van der Waals surface area contributed by atoms with E-state index in [0.29, 0.717) is 5.69 Å². The average Bonchev–Trinajstić information content (AvgIpc) is 2.78. The molecule has 1 aliphatic rings. The molecule has 0 saturated heterocycles. The van der Waals surface area contributed by atoms with Gasteiger partial charge in [0.1, 0.15) is 0 Å². The smallest absolute Gasteiger partial charge is 0.395 e. The van der Waals surface area contributed by atoms with Crippen LogP contribution in [0.2, 0.25) is 0 Å². The van der Waals surface area contributed by atoms with E-state index in [1.54, 1.807) is 22.9 Å². The highest BCUT2D eigenvalue weighted by Crippen LogP contribution is 2.44. The van der Waals surface area contributed by atoms with Crippen molar-refractivity contribution in [2.24, 2.45) is 0 Å². The van der Waals surface area contributed by atoms with Gasteiger partial charge in [-0.05, 0) is 46.9 Å². The molecule has 0 saturated carbocycles. The first-order valence-electron chi connectivity index (χ1n) is 4.79. The summed E-state index contributed by atoms with van der Waals surface area (Å²) < 4.78 is 37.6. The van der Waals surface area contributed by atoms with E-state index in [0.717, 1.165) is 3.70 Å². The van der Waals surface area contributed by atoms with Crippen LogP contribution in [-0.2, 0) is 0 Å². The van der Waals surface area contributed by atoms with Crippen LogP contribution in [0.1, 0.15) is 0 Å². The molecule has 0 amide bonds. The number of nitrogens with zero attached hydrogens (tertiary/aromatic N) is 1. The van der Waals surface area contributed by atoms with Crippen LogP contribution in [0.5, 0.6) is 11.5 Å². The van der Waals surface area contributed by atoms with Crippen molar-refractivity contribution in [1.82, 2.24) is 4.57 Å². The van der Waals surface area contributed by atoms with E-state index in [9.17, 15) is 8.78 Å². The van der Waals surface area contributed by atoms with Crippen molar-refractivity contribution < 1.29 is 18.3 Å². The molecule has 0 N–H and O–H groups in total. The molecule has 0 fully saturated rings. The predicted molar refractivity (Wildman–Crippen MR) is 64.7 cm³/mol. The summed E-state index contributed by atoms with van der Waals surface area (Å²) in [7, 11) is 0. The quantitative estimate of drug-likeness (QED) is 0.737. The standard InChI is InChI=1S/C11H6F2INO2/c12-11(13)16-8-4-1-3-7(10(8)17-11)15-6-2-5-9(15)14/h1-6H. The number of halogens is 3. The molecular formula is C11H6F2INO2. The maximum Gasteiger partial charge on any atom is 0.586 e. The Hall–Kier alpha value is -1.31. The molecule has 0 bridgehead atoms. The summed E-state index contributed by atoms with van der Waals surface area (Å²) in [5.74, 6) is 0.114. The molecule has 1 aliphatic heterocycles. The normalized spacial score (nSPS) is 16.2. The Bertz CT molecular complexity index is 583. The summed E-state index contributed by atoms with van der Waals surface area (Å²) in [4.78, 5) is 0. The fourth-order valence-corrected chi connectivity index (χ4v) is 2.33. The van der Waals surface area contributed by atoms with Crippen LogP contribution in [0.15, 0.2) is 36.5 Å². The van der Waals surface area contributed by atoms with Crippen molar-refractivity contribution in [2.45, 2.75) is 6.29 Å². The number of hydrogen-bond donors (Lipinski definition) is 0. The van der Waals surface area contributed by atoms with Crippen LogP contribution < -0.4 is 9.47 Å². The lowest BCUT2D eigenvalue weighted by Crippen LogP contribution is -2.26. The zero-order valence-electron chi connectivity index (χ0n) is 8.36. The summed E-state index contributed by atoms with van der Waals surface area (Å²) in [5.41, 5.74) is 0.536. The van der Waals surface area contributed by atoms with Crippen molar-refractivity contribution in [3.63, 3.8) is 0 Å². The Balaban J connectivity index is 2.16. The molecule has 88 valence electrons. The first-order valence-corrected chi connectivity index (χ1v) is 5.87. The molecule has 0 radical (unpaired) electrons. The molecule has 0 atom stereocenters. The third kappa shape index (κ3) is 1.76. The van der Waals surface area contributed by atoms with Crippen molar-refractivity contribution in [3.05, 3.63) is 40.2 Å². The van der Waals surface area contributed by atoms with Gasteiger partial charge < -0.3 is 14.0 Å². The Labute approximate surface area is 109 Å². The molecule has 0 spiro atoms. The fourth-order valence-electron chi connectivity index (χ4n) is 1.70. The number of para-hydroxylation sites is 1. The maximum atomic E-state index is 13.0. The molecule has 0 unspecified atom stereocenters. The van der Waals surface area contributed by atoms with E-state index in [1.807, 2.05) is 12.1 Å². The zero-order valence-corrected chi connectivity index (χ0v) is 10.5. The van der Waals surface area contributed by atoms with Gasteiger partial charge in [0.25, 0.3) is 0 Å². The second-order valence-electron chi connectivity index (χ2n) is 3.47. The first-order chi connectivity index (χ1) is 8.07. The monoisotopic (exact) mass is 349 g/mol. The second kappa shape index (κ2) is 3.59. The highest BCUT2D eigenvalue weighted by Gasteiger charge is 2.44. The van der Waals surface area contributed by atoms with Crippen LogP contribution in [-0.4, -0.2) is 10.9 Å². The van der Waals surface area contributed by atoms with Gasteiger partial charge in [0, 0.05) is 6.20 Å². The van der Waals surface area contributed by atoms with Gasteiger partial charge in [0.2, 0.25) is 0 Å². The van der Waals surface area contributed by atoms with E-state index in [-0.39, 0.29) is 11.5 Å². The van der Waals surface area contributed by atoms with Crippen LogP contribution in [0.4, 0.5) is 8.78 Å².